The second-order valence-corrected chi connectivity index (χ2v) is 4.25. The summed E-state index contributed by atoms with van der Waals surface area (Å²) in [7, 11) is 0. The van der Waals surface area contributed by atoms with Gasteiger partial charge in [-0.15, -0.1) is 5.10 Å². The van der Waals surface area contributed by atoms with Gasteiger partial charge in [0.25, 0.3) is 0 Å². The molecule has 1 aromatic heterocycles. The number of tetrazole rings is 1. The SMILES string of the molecule is O=C(O)CC1(CCn2cnnn2)CCC1. The lowest BCUT2D eigenvalue weighted by Crippen LogP contribution is -2.33. The van der Waals surface area contributed by atoms with Crippen LogP contribution in [-0.4, -0.2) is 31.3 Å². The summed E-state index contributed by atoms with van der Waals surface area (Å²) in [5.74, 6) is -0.702. The maximum absolute atomic E-state index is 10.7. The summed E-state index contributed by atoms with van der Waals surface area (Å²) in [6, 6.07) is 0. The molecule has 0 bridgehead atoms. The van der Waals surface area contributed by atoms with Crippen LogP contribution in [0.2, 0.25) is 0 Å². The largest absolute Gasteiger partial charge is 0.481 e. The van der Waals surface area contributed by atoms with Crippen LogP contribution in [0.4, 0.5) is 0 Å². The number of carboxylic acid groups (broad SMARTS) is 1. The number of aryl methyl sites for hydroxylation is 1. The lowest BCUT2D eigenvalue weighted by molar-refractivity contribution is -0.141. The van der Waals surface area contributed by atoms with Crippen LogP contribution in [0.3, 0.4) is 0 Å². The summed E-state index contributed by atoms with van der Waals surface area (Å²) in [6.07, 6.45) is 5.86. The highest BCUT2D eigenvalue weighted by atomic mass is 16.4. The van der Waals surface area contributed by atoms with Gasteiger partial charge < -0.3 is 5.11 Å². The highest BCUT2D eigenvalue weighted by Crippen LogP contribution is 2.47. The van der Waals surface area contributed by atoms with Gasteiger partial charge in [-0.1, -0.05) is 6.42 Å². The minimum absolute atomic E-state index is 0.00220. The van der Waals surface area contributed by atoms with E-state index in [1.165, 1.54) is 0 Å². The Labute approximate surface area is 87.3 Å². The molecule has 0 atom stereocenters. The fraction of sp³-hybridized carbons (Fsp3) is 0.778. The van der Waals surface area contributed by atoms with Crippen LogP contribution in [0.1, 0.15) is 32.1 Å². The molecule has 15 heavy (non-hydrogen) atoms. The van der Waals surface area contributed by atoms with Gasteiger partial charge in [-0.25, -0.2) is 4.68 Å². The Balaban J connectivity index is 1.88. The third-order valence-electron chi connectivity index (χ3n) is 3.20. The fourth-order valence-corrected chi connectivity index (χ4v) is 2.15. The number of rotatable bonds is 5. The van der Waals surface area contributed by atoms with Gasteiger partial charge in [-0.05, 0) is 35.1 Å². The van der Waals surface area contributed by atoms with Crippen molar-refractivity contribution in [3.63, 3.8) is 0 Å². The zero-order valence-corrected chi connectivity index (χ0v) is 8.46. The smallest absolute Gasteiger partial charge is 0.303 e. The quantitative estimate of drug-likeness (QED) is 0.774. The zero-order chi connectivity index (χ0) is 10.7. The van der Waals surface area contributed by atoms with E-state index in [2.05, 4.69) is 15.5 Å². The summed E-state index contributed by atoms with van der Waals surface area (Å²) in [5.41, 5.74) is -0.00220. The minimum Gasteiger partial charge on any atom is -0.481 e. The first-order valence-corrected chi connectivity index (χ1v) is 5.13. The molecule has 0 unspecified atom stereocenters. The van der Waals surface area contributed by atoms with Crippen molar-refractivity contribution in [3.8, 4) is 0 Å². The number of carbonyl (C=O) groups is 1. The van der Waals surface area contributed by atoms with Gasteiger partial charge >= 0.3 is 5.97 Å². The molecular formula is C9H14N4O2. The highest BCUT2D eigenvalue weighted by Gasteiger charge is 2.38. The summed E-state index contributed by atoms with van der Waals surface area (Å²) >= 11 is 0. The molecule has 1 aliphatic carbocycles. The molecule has 0 radical (unpaired) electrons. The molecular weight excluding hydrogens is 196 g/mol. The van der Waals surface area contributed by atoms with E-state index in [9.17, 15) is 4.79 Å². The Hall–Kier alpha value is -1.46. The Morgan fingerprint density at radius 3 is 2.80 bits per heavy atom. The Morgan fingerprint density at radius 2 is 2.33 bits per heavy atom. The van der Waals surface area contributed by atoms with Crippen LogP contribution in [0.5, 0.6) is 0 Å². The standard InChI is InChI=1S/C9H14N4O2/c14-8(15)6-9(2-1-3-9)4-5-13-7-10-11-12-13/h7H,1-6H2,(H,14,15). The van der Waals surface area contributed by atoms with E-state index in [0.717, 1.165) is 25.7 Å². The first-order valence-electron chi connectivity index (χ1n) is 5.13. The number of aromatic nitrogens is 4. The molecule has 2 rings (SSSR count). The van der Waals surface area contributed by atoms with Gasteiger partial charge in [0.1, 0.15) is 6.33 Å². The van der Waals surface area contributed by atoms with Crippen LogP contribution in [0.25, 0.3) is 0 Å². The molecule has 0 saturated heterocycles. The van der Waals surface area contributed by atoms with E-state index < -0.39 is 5.97 Å². The van der Waals surface area contributed by atoms with Crippen molar-refractivity contribution in [1.29, 1.82) is 0 Å². The second-order valence-electron chi connectivity index (χ2n) is 4.25. The minimum atomic E-state index is -0.702. The average Bonchev–Trinajstić information content (AvgIpc) is 2.61. The molecule has 0 spiro atoms. The van der Waals surface area contributed by atoms with Crippen molar-refractivity contribution in [2.24, 2.45) is 5.41 Å². The lowest BCUT2D eigenvalue weighted by atomic mass is 9.64. The molecule has 1 aliphatic rings. The van der Waals surface area contributed by atoms with Crippen molar-refractivity contribution >= 4 is 5.97 Å². The van der Waals surface area contributed by atoms with Crippen molar-refractivity contribution in [2.75, 3.05) is 0 Å². The summed E-state index contributed by atoms with van der Waals surface area (Å²) in [4.78, 5) is 10.7. The highest BCUT2D eigenvalue weighted by molar-refractivity contribution is 5.67. The summed E-state index contributed by atoms with van der Waals surface area (Å²) < 4.78 is 1.65. The van der Waals surface area contributed by atoms with E-state index >= 15 is 0 Å². The van der Waals surface area contributed by atoms with E-state index in [1.54, 1.807) is 11.0 Å². The maximum Gasteiger partial charge on any atom is 0.303 e. The predicted octanol–water partition coefficient (Wildman–Crippen LogP) is 0.708. The second kappa shape index (κ2) is 3.96. The van der Waals surface area contributed by atoms with Crippen molar-refractivity contribution in [1.82, 2.24) is 20.2 Å². The molecule has 1 fully saturated rings. The van der Waals surface area contributed by atoms with Gasteiger partial charge in [-0.3, -0.25) is 4.79 Å². The van der Waals surface area contributed by atoms with E-state index in [-0.39, 0.29) is 11.8 Å². The number of hydrogen-bond acceptors (Lipinski definition) is 4. The number of aliphatic carboxylic acids is 1. The first-order chi connectivity index (χ1) is 7.20. The van der Waals surface area contributed by atoms with E-state index in [0.29, 0.717) is 6.54 Å². The lowest BCUT2D eigenvalue weighted by Gasteiger charge is -2.40. The Kier molecular flexibility index (Phi) is 2.66. The Bertz CT molecular complexity index is 332. The number of nitrogens with zero attached hydrogens (tertiary/aromatic N) is 4. The molecule has 82 valence electrons. The van der Waals surface area contributed by atoms with Crippen LogP contribution < -0.4 is 0 Å². The first kappa shape index (κ1) is 10.1. The van der Waals surface area contributed by atoms with Crippen molar-refractivity contribution in [3.05, 3.63) is 6.33 Å². The van der Waals surface area contributed by atoms with Gasteiger partial charge in [0.15, 0.2) is 0 Å². The third-order valence-corrected chi connectivity index (χ3v) is 3.20. The molecule has 0 amide bonds. The molecule has 1 N–H and O–H groups in total. The van der Waals surface area contributed by atoms with Crippen molar-refractivity contribution < 1.29 is 9.90 Å². The van der Waals surface area contributed by atoms with Crippen LogP contribution >= 0.6 is 0 Å². The Morgan fingerprint density at radius 1 is 1.53 bits per heavy atom. The van der Waals surface area contributed by atoms with Crippen LogP contribution in [0.15, 0.2) is 6.33 Å². The van der Waals surface area contributed by atoms with Gasteiger partial charge in [-0.2, -0.15) is 0 Å². The van der Waals surface area contributed by atoms with E-state index in [4.69, 9.17) is 5.11 Å². The number of carboxylic acids is 1. The molecule has 1 aromatic rings. The van der Waals surface area contributed by atoms with Gasteiger partial charge in [0, 0.05) is 6.54 Å². The maximum atomic E-state index is 10.7. The summed E-state index contributed by atoms with van der Waals surface area (Å²) in [5, 5.41) is 19.7. The van der Waals surface area contributed by atoms with Crippen molar-refractivity contribution in [2.45, 2.75) is 38.6 Å². The molecule has 0 aliphatic heterocycles. The summed E-state index contributed by atoms with van der Waals surface area (Å²) in [6.45, 7) is 0.709. The zero-order valence-electron chi connectivity index (χ0n) is 8.46. The molecule has 6 heteroatoms. The topological polar surface area (TPSA) is 80.9 Å². The van der Waals surface area contributed by atoms with Gasteiger partial charge in [0.2, 0.25) is 0 Å². The molecule has 1 heterocycles. The number of hydrogen-bond donors (Lipinski definition) is 1. The average molecular weight is 210 g/mol. The van der Waals surface area contributed by atoms with E-state index in [1.807, 2.05) is 0 Å². The van der Waals surface area contributed by atoms with Crippen LogP contribution in [0, 0.1) is 5.41 Å². The predicted molar refractivity (Wildman–Crippen MR) is 51.0 cm³/mol. The molecule has 6 nitrogen and oxygen atoms in total. The molecule has 1 saturated carbocycles. The third kappa shape index (κ3) is 2.31. The van der Waals surface area contributed by atoms with Crippen LogP contribution in [-0.2, 0) is 11.3 Å². The van der Waals surface area contributed by atoms with Gasteiger partial charge in [0.05, 0.1) is 6.42 Å². The fourth-order valence-electron chi connectivity index (χ4n) is 2.15. The normalized spacial score (nSPS) is 18.4. The monoisotopic (exact) mass is 210 g/mol. The molecule has 0 aromatic carbocycles.